The first-order chi connectivity index (χ1) is 7.50. The van der Waals surface area contributed by atoms with Crippen LogP contribution in [0.15, 0.2) is 0 Å². The molecule has 0 unspecified atom stereocenters. The Bertz CT molecular complexity index is 336. The summed E-state index contributed by atoms with van der Waals surface area (Å²) in [5, 5.41) is 9.38. The van der Waals surface area contributed by atoms with Crippen LogP contribution in [0.1, 0.15) is 26.2 Å². The van der Waals surface area contributed by atoms with Crippen molar-refractivity contribution in [3.05, 3.63) is 0 Å². The Balaban J connectivity index is 2.02. The van der Waals surface area contributed by atoms with E-state index in [2.05, 4.69) is 6.92 Å². The molecule has 2 saturated heterocycles. The van der Waals surface area contributed by atoms with Crippen LogP contribution in [-0.2, 0) is 10.2 Å². The maximum atomic E-state index is 12.2. The first-order valence-electron chi connectivity index (χ1n) is 5.93. The van der Waals surface area contributed by atoms with Gasteiger partial charge in [0.25, 0.3) is 10.2 Å². The van der Waals surface area contributed by atoms with Crippen molar-refractivity contribution >= 4 is 10.2 Å². The number of aliphatic hydroxyl groups excluding tert-OH is 1. The standard InChI is InChI=1S/C10H20N2O3S/c1-9-2-5-11(6-3-9)16(14,15)12-7-4-10(13)8-12/h9-10,13H,2-8H2,1H3/t10-/m0/s1. The van der Waals surface area contributed by atoms with Gasteiger partial charge in [0.15, 0.2) is 0 Å². The molecule has 0 aliphatic carbocycles. The summed E-state index contributed by atoms with van der Waals surface area (Å²) < 4.78 is 27.3. The van der Waals surface area contributed by atoms with E-state index in [0.29, 0.717) is 32.0 Å². The van der Waals surface area contributed by atoms with E-state index < -0.39 is 16.3 Å². The first-order valence-corrected chi connectivity index (χ1v) is 7.33. The third-order valence-electron chi connectivity index (χ3n) is 3.52. The molecule has 2 aliphatic heterocycles. The van der Waals surface area contributed by atoms with E-state index in [1.807, 2.05) is 0 Å². The second-order valence-corrected chi connectivity index (χ2v) is 6.82. The van der Waals surface area contributed by atoms with Gasteiger partial charge in [-0.3, -0.25) is 0 Å². The molecule has 2 rings (SSSR count). The molecule has 0 amide bonds. The largest absolute Gasteiger partial charge is 0.392 e. The molecule has 2 fully saturated rings. The Labute approximate surface area is 97.2 Å². The minimum Gasteiger partial charge on any atom is -0.392 e. The summed E-state index contributed by atoms with van der Waals surface area (Å²) in [6.07, 6.45) is 1.95. The summed E-state index contributed by atoms with van der Waals surface area (Å²) in [6.45, 7) is 4.11. The van der Waals surface area contributed by atoms with Crippen molar-refractivity contribution in [3.8, 4) is 0 Å². The highest BCUT2D eigenvalue weighted by atomic mass is 32.2. The van der Waals surface area contributed by atoms with Gasteiger partial charge in [0.05, 0.1) is 6.10 Å². The van der Waals surface area contributed by atoms with Crippen molar-refractivity contribution in [3.63, 3.8) is 0 Å². The van der Waals surface area contributed by atoms with Crippen LogP contribution in [-0.4, -0.2) is 54.4 Å². The highest BCUT2D eigenvalue weighted by Gasteiger charge is 2.36. The predicted octanol–water partition coefficient (Wildman–Crippen LogP) is 0.0297. The lowest BCUT2D eigenvalue weighted by Crippen LogP contribution is -2.46. The van der Waals surface area contributed by atoms with E-state index in [9.17, 15) is 13.5 Å². The van der Waals surface area contributed by atoms with Crippen LogP contribution in [0.2, 0.25) is 0 Å². The first kappa shape index (κ1) is 12.3. The zero-order valence-electron chi connectivity index (χ0n) is 9.67. The quantitative estimate of drug-likeness (QED) is 0.750. The fourth-order valence-corrected chi connectivity index (χ4v) is 3.99. The van der Waals surface area contributed by atoms with Gasteiger partial charge in [0.2, 0.25) is 0 Å². The third kappa shape index (κ3) is 2.40. The fourth-order valence-electron chi connectivity index (χ4n) is 2.30. The number of nitrogens with zero attached hydrogens (tertiary/aromatic N) is 2. The molecule has 1 atom stereocenters. The van der Waals surface area contributed by atoms with E-state index in [-0.39, 0.29) is 6.54 Å². The lowest BCUT2D eigenvalue weighted by Gasteiger charge is -2.32. The van der Waals surface area contributed by atoms with Crippen molar-refractivity contribution in [2.75, 3.05) is 26.2 Å². The summed E-state index contributed by atoms with van der Waals surface area (Å²) in [4.78, 5) is 0. The Morgan fingerprint density at radius 2 is 1.62 bits per heavy atom. The Hall–Kier alpha value is -0.170. The van der Waals surface area contributed by atoms with Gasteiger partial charge in [0.1, 0.15) is 0 Å². The van der Waals surface area contributed by atoms with Crippen molar-refractivity contribution in [1.29, 1.82) is 0 Å². The van der Waals surface area contributed by atoms with Gasteiger partial charge in [0, 0.05) is 26.2 Å². The van der Waals surface area contributed by atoms with E-state index in [1.54, 1.807) is 4.31 Å². The number of hydrogen-bond acceptors (Lipinski definition) is 3. The van der Waals surface area contributed by atoms with Crippen molar-refractivity contribution in [2.24, 2.45) is 5.92 Å². The SMILES string of the molecule is CC1CCN(S(=O)(=O)N2CC[C@H](O)C2)CC1. The van der Waals surface area contributed by atoms with Crippen molar-refractivity contribution < 1.29 is 13.5 Å². The van der Waals surface area contributed by atoms with Gasteiger partial charge >= 0.3 is 0 Å². The van der Waals surface area contributed by atoms with E-state index in [1.165, 1.54) is 4.31 Å². The Kier molecular flexibility index (Phi) is 3.53. The Morgan fingerprint density at radius 1 is 1.06 bits per heavy atom. The number of β-amino-alcohol motifs (C(OH)–C–C–N with tert-alkyl or cyclic N) is 1. The number of aliphatic hydroxyl groups is 1. The molecule has 2 aliphatic rings. The number of hydrogen-bond donors (Lipinski definition) is 1. The molecule has 94 valence electrons. The molecule has 0 aromatic carbocycles. The molecular formula is C10H20N2O3S. The van der Waals surface area contributed by atoms with Crippen LogP contribution in [0.3, 0.4) is 0 Å². The van der Waals surface area contributed by atoms with Gasteiger partial charge < -0.3 is 5.11 Å². The Morgan fingerprint density at radius 3 is 2.12 bits per heavy atom. The molecule has 6 heteroatoms. The molecule has 0 radical (unpaired) electrons. The topological polar surface area (TPSA) is 60.9 Å². The molecular weight excluding hydrogens is 228 g/mol. The molecule has 0 bridgehead atoms. The molecule has 0 aromatic heterocycles. The molecule has 16 heavy (non-hydrogen) atoms. The van der Waals surface area contributed by atoms with E-state index >= 15 is 0 Å². The maximum Gasteiger partial charge on any atom is 0.282 e. The lowest BCUT2D eigenvalue weighted by atomic mass is 10.0. The number of piperidine rings is 1. The lowest BCUT2D eigenvalue weighted by molar-refractivity contribution is 0.187. The van der Waals surface area contributed by atoms with Crippen molar-refractivity contribution in [2.45, 2.75) is 32.3 Å². The maximum absolute atomic E-state index is 12.2. The van der Waals surface area contributed by atoms with Crippen molar-refractivity contribution in [1.82, 2.24) is 8.61 Å². The summed E-state index contributed by atoms with van der Waals surface area (Å²) in [5.41, 5.74) is 0. The smallest absolute Gasteiger partial charge is 0.282 e. The summed E-state index contributed by atoms with van der Waals surface area (Å²) in [5.74, 6) is 0.621. The highest BCUT2D eigenvalue weighted by Crippen LogP contribution is 2.23. The molecule has 0 aromatic rings. The van der Waals surface area contributed by atoms with Gasteiger partial charge in [-0.15, -0.1) is 0 Å². The van der Waals surface area contributed by atoms with Crippen LogP contribution in [0.4, 0.5) is 0 Å². The normalized spacial score (nSPS) is 31.0. The predicted molar refractivity (Wildman–Crippen MR) is 61.1 cm³/mol. The average molecular weight is 248 g/mol. The van der Waals surface area contributed by atoms with Gasteiger partial charge in [-0.25, -0.2) is 0 Å². The zero-order valence-corrected chi connectivity index (χ0v) is 10.5. The van der Waals surface area contributed by atoms with Crippen LogP contribution >= 0.6 is 0 Å². The third-order valence-corrected chi connectivity index (χ3v) is 5.52. The average Bonchev–Trinajstić information content (AvgIpc) is 2.66. The molecule has 2 heterocycles. The second-order valence-electron chi connectivity index (χ2n) is 4.89. The van der Waals surface area contributed by atoms with Gasteiger partial charge in [-0.2, -0.15) is 17.0 Å². The monoisotopic (exact) mass is 248 g/mol. The molecule has 0 saturated carbocycles. The van der Waals surface area contributed by atoms with E-state index in [0.717, 1.165) is 12.8 Å². The van der Waals surface area contributed by atoms with Crippen LogP contribution in [0.25, 0.3) is 0 Å². The molecule has 5 nitrogen and oxygen atoms in total. The minimum atomic E-state index is -3.31. The summed E-state index contributed by atoms with van der Waals surface area (Å²) in [7, 11) is -3.31. The molecule has 1 N–H and O–H groups in total. The highest BCUT2D eigenvalue weighted by molar-refractivity contribution is 7.86. The molecule has 0 spiro atoms. The van der Waals surface area contributed by atoms with Crippen LogP contribution < -0.4 is 0 Å². The number of rotatable bonds is 2. The van der Waals surface area contributed by atoms with Crippen LogP contribution in [0.5, 0.6) is 0 Å². The van der Waals surface area contributed by atoms with Gasteiger partial charge in [-0.05, 0) is 25.2 Å². The minimum absolute atomic E-state index is 0.258. The summed E-state index contributed by atoms with van der Waals surface area (Å²) >= 11 is 0. The zero-order chi connectivity index (χ0) is 11.8. The second kappa shape index (κ2) is 4.60. The van der Waals surface area contributed by atoms with Gasteiger partial charge in [-0.1, -0.05) is 6.92 Å². The van der Waals surface area contributed by atoms with Crippen LogP contribution in [0, 0.1) is 5.92 Å². The fraction of sp³-hybridized carbons (Fsp3) is 1.00. The van der Waals surface area contributed by atoms with E-state index in [4.69, 9.17) is 0 Å². The summed E-state index contributed by atoms with van der Waals surface area (Å²) in [6, 6.07) is 0.